The summed E-state index contributed by atoms with van der Waals surface area (Å²) in [6.07, 6.45) is 5.54. The largest absolute Gasteiger partial charge is 0.350 e. The molecule has 3 heterocycles. The van der Waals surface area contributed by atoms with Gasteiger partial charge in [-0.05, 0) is 50.6 Å². The summed E-state index contributed by atoms with van der Waals surface area (Å²) in [5, 5.41) is 7.24. The van der Waals surface area contributed by atoms with Gasteiger partial charge in [0.1, 0.15) is 5.82 Å². The van der Waals surface area contributed by atoms with Crippen molar-refractivity contribution in [3.05, 3.63) is 65.4 Å². The first-order chi connectivity index (χ1) is 13.1. The Kier molecular flexibility index (Phi) is 4.85. The summed E-state index contributed by atoms with van der Waals surface area (Å²) in [6, 6.07) is 8.37. The maximum Gasteiger partial charge on any atom is 0.254 e. The fourth-order valence-corrected chi connectivity index (χ4v) is 3.69. The number of nitrogens with zero attached hydrogens (tertiary/aromatic N) is 4. The van der Waals surface area contributed by atoms with Crippen molar-refractivity contribution in [2.24, 2.45) is 0 Å². The highest BCUT2D eigenvalue weighted by atomic mass is 19.1. The van der Waals surface area contributed by atoms with Crippen LogP contribution in [0.1, 0.15) is 40.5 Å². The minimum atomic E-state index is -0.253. The zero-order valence-corrected chi connectivity index (χ0v) is 15.2. The third-order valence-electron chi connectivity index (χ3n) is 5.19. The van der Waals surface area contributed by atoms with E-state index >= 15 is 0 Å². The maximum atomic E-state index is 13.3. The summed E-state index contributed by atoms with van der Waals surface area (Å²) >= 11 is 0. The van der Waals surface area contributed by atoms with Gasteiger partial charge in [0, 0.05) is 18.8 Å². The Labute approximate surface area is 157 Å². The lowest BCUT2D eigenvalue weighted by molar-refractivity contribution is 0.0936. The van der Waals surface area contributed by atoms with Crippen LogP contribution in [-0.4, -0.2) is 45.0 Å². The summed E-state index contributed by atoms with van der Waals surface area (Å²) < 4.78 is 15.0. The second-order valence-electron chi connectivity index (χ2n) is 6.88. The number of carbonyl (C=O) groups excluding carboxylic acids is 1. The maximum absolute atomic E-state index is 13.3. The molecule has 140 valence electrons. The monoisotopic (exact) mass is 367 g/mol. The van der Waals surface area contributed by atoms with Crippen molar-refractivity contribution in [3.8, 4) is 0 Å². The number of amides is 1. The van der Waals surface area contributed by atoms with Crippen molar-refractivity contribution >= 4 is 11.6 Å². The van der Waals surface area contributed by atoms with Crippen molar-refractivity contribution in [3.63, 3.8) is 0 Å². The number of halogens is 1. The molecule has 3 aromatic rings. The standard InChI is InChI=1S/C20H22FN5O/c1-14-17(12-22-19-8-9-24-26(14)19)20(27)23-13-18(25-10-2-3-11-25)15-4-6-16(21)7-5-15/h4-9,12,18H,2-3,10-11,13H2,1H3,(H,23,27)/t18-/m1/s1. The zero-order chi connectivity index (χ0) is 18.8. The van der Waals surface area contributed by atoms with E-state index in [0.29, 0.717) is 17.8 Å². The van der Waals surface area contributed by atoms with E-state index in [1.165, 1.54) is 12.1 Å². The van der Waals surface area contributed by atoms with E-state index in [9.17, 15) is 9.18 Å². The number of likely N-dealkylation sites (tertiary alicyclic amines) is 1. The SMILES string of the molecule is Cc1c(C(=O)NC[C@H](c2ccc(F)cc2)N2CCCC2)cnc2ccnn12. The highest BCUT2D eigenvalue weighted by Crippen LogP contribution is 2.25. The smallest absolute Gasteiger partial charge is 0.254 e. The van der Waals surface area contributed by atoms with Gasteiger partial charge in [-0.15, -0.1) is 0 Å². The highest BCUT2D eigenvalue weighted by Gasteiger charge is 2.24. The molecule has 0 aliphatic carbocycles. The van der Waals surface area contributed by atoms with Crippen LogP contribution in [0.25, 0.3) is 5.65 Å². The van der Waals surface area contributed by atoms with E-state index in [1.807, 2.05) is 6.92 Å². The van der Waals surface area contributed by atoms with E-state index < -0.39 is 0 Å². The predicted octanol–water partition coefficient (Wildman–Crippen LogP) is 2.74. The first kappa shape index (κ1) is 17.6. The third-order valence-corrected chi connectivity index (χ3v) is 5.19. The summed E-state index contributed by atoms with van der Waals surface area (Å²) in [5.41, 5.74) is 2.98. The first-order valence-corrected chi connectivity index (χ1v) is 9.20. The lowest BCUT2D eigenvalue weighted by Gasteiger charge is -2.28. The number of fused-ring (bicyclic) bond motifs is 1. The number of carbonyl (C=O) groups is 1. The normalized spacial score (nSPS) is 15.9. The number of benzene rings is 1. The van der Waals surface area contributed by atoms with Crippen LogP contribution >= 0.6 is 0 Å². The van der Waals surface area contributed by atoms with Gasteiger partial charge in [0.25, 0.3) is 5.91 Å². The Morgan fingerprint density at radius 2 is 1.96 bits per heavy atom. The van der Waals surface area contributed by atoms with Crippen LogP contribution in [0.4, 0.5) is 4.39 Å². The molecule has 0 unspecified atom stereocenters. The number of hydrogen-bond acceptors (Lipinski definition) is 4. The molecule has 1 aliphatic heterocycles. The molecule has 1 N–H and O–H groups in total. The van der Waals surface area contributed by atoms with E-state index in [1.54, 1.807) is 35.1 Å². The van der Waals surface area contributed by atoms with Crippen molar-refractivity contribution in [1.29, 1.82) is 0 Å². The Bertz CT molecular complexity index is 947. The van der Waals surface area contributed by atoms with E-state index in [4.69, 9.17) is 0 Å². The molecular formula is C20H22FN5O. The van der Waals surface area contributed by atoms with E-state index in [-0.39, 0.29) is 17.8 Å². The molecule has 6 nitrogen and oxygen atoms in total. The molecule has 1 atom stereocenters. The number of hydrogen-bond donors (Lipinski definition) is 1. The van der Waals surface area contributed by atoms with Gasteiger partial charge < -0.3 is 5.32 Å². The van der Waals surface area contributed by atoms with Gasteiger partial charge in [-0.3, -0.25) is 9.69 Å². The van der Waals surface area contributed by atoms with Crippen LogP contribution in [0.5, 0.6) is 0 Å². The van der Waals surface area contributed by atoms with Crippen molar-refractivity contribution < 1.29 is 9.18 Å². The molecule has 0 saturated carbocycles. The quantitative estimate of drug-likeness (QED) is 0.753. The molecule has 7 heteroatoms. The Balaban J connectivity index is 1.53. The molecule has 27 heavy (non-hydrogen) atoms. The molecule has 1 amide bonds. The van der Waals surface area contributed by atoms with Crippen molar-refractivity contribution in [2.75, 3.05) is 19.6 Å². The second kappa shape index (κ2) is 7.44. The molecule has 0 spiro atoms. The lowest BCUT2D eigenvalue weighted by atomic mass is 10.1. The minimum absolute atomic E-state index is 0.0266. The van der Waals surface area contributed by atoms with E-state index in [0.717, 1.165) is 37.2 Å². The molecule has 1 fully saturated rings. The summed E-state index contributed by atoms with van der Waals surface area (Å²) in [4.78, 5) is 19.4. The average Bonchev–Trinajstić information content (AvgIpc) is 3.35. The first-order valence-electron chi connectivity index (χ1n) is 9.20. The molecule has 0 radical (unpaired) electrons. The number of nitrogens with one attached hydrogen (secondary N) is 1. The second-order valence-corrected chi connectivity index (χ2v) is 6.88. The Hall–Kier alpha value is -2.80. The van der Waals surface area contributed by atoms with Gasteiger partial charge in [0.2, 0.25) is 0 Å². The third kappa shape index (κ3) is 3.55. The van der Waals surface area contributed by atoms with Crippen LogP contribution in [0, 0.1) is 12.7 Å². The fourth-order valence-electron chi connectivity index (χ4n) is 3.69. The molecule has 4 rings (SSSR count). The summed E-state index contributed by atoms with van der Waals surface area (Å²) in [5.74, 6) is -0.430. The van der Waals surface area contributed by atoms with Gasteiger partial charge >= 0.3 is 0 Å². The molecule has 0 bridgehead atoms. The van der Waals surface area contributed by atoms with Crippen LogP contribution in [0.2, 0.25) is 0 Å². The predicted molar refractivity (Wildman–Crippen MR) is 100 cm³/mol. The molecular weight excluding hydrogens is 345 g/mol. The Morgan fingerprint density at radius 3 is 2.70 bits per heavy atom. The van der Waals surface area contributed by atoms with Crippen molar-refractivity contribution in [1.82, 2.24) is 24.8 Å². The minimum Gasteiger partial charge on any atom is -0.350 e. The summed E-state index contributed by atoms with van der Waals surface area (Å²) in [6.45, 7) is 4.28. The average molecular weight is 367 g/mol. The van der Waals surface area contributed by atoms with Crippen LogP contribution in [0.3, 0.4) is 0 Å². The number of aryl methyl sites for hydroxylation is 1. The molecule has 1 aromatic carbocycles. The van der Waals surface area contributed by atoms with E-state index in [2.05, 4.69) is 20.3 Å². The summed E-state index contributed by atoms with van der Waals surface area (Å²) in [7, 11) is 0. The van der Waals surface area contributed by atoms with Gasteiger partial charge in [0.15, 0.2) is 5.65 Å². The lowest BCUT2D eigenvalue weighted by Crippen LogP contribution is -2.37. The molecule has 2 aromatic heterocycles. The molecule has 1 saturated heterocycles. The number of rotatable bonds is 5. The Morgan fingerprint density at radius 1 is 1.22 bits per heavy atom. The van der Waals surface area contributed by atoms with Crippen LogP contribution in [-0.2, 0) is 0 Å². The zero-order valence-electron chi connectivity index (χ0n) is 15.2. The van der Waals surface area contributed by atoms with Crippen LogP contribution in [0.15, 0.2) is 42.7 Å². The van der Waals surface area contributed by atoms with Crippen LogP contribution < -0.4 is 5.32 Å². The van der Waals surface area contributed by atoms with Gasteiger partial charge in [-0.1, -0.05) is 12.1 Å². The molecule has 1 aliphatic rings. The highest BCUT2D eigenvalue weighted by molar-refractivity contribution is 5.95. The van der Waals surface area contributed by atoms with Gasteiger partial charge in [-0.25, -0.2) is 13.9 Å². The topological polar surface area (TPSA) is 62.5 Å². The van der Waals surface area contributed by atoms with Crippen molar-refractivity contribution in [2.45, 2.75) is 25.8 Å². The van der Waals surface area contributed by atoms with Gasteiger partial charge in [0.05, 0.1) is 23.5 Å². The van der Waals surface area contributed by atoms with Gasteiger partial charge in [-0.2, -0.15) is 5.10 Å². The number of aromatic nitrogens is 3. The fraction of sp³-hybridized carbons (Fsp3) is 0.350.